The summed E-state index contributed by atoms with van der Waals surface area (Å²) in [6, 6.07) is 14.9. The van der Waals surface area contributed by atoms with E-state index in [0.717, 1.165) is 44.6 Å². The molecule has 2 heterocycles. The SMILES string of the molecule is COc1ccc(-c2noc(NCC3CCN(Cc4ccc(C)cc4)CC3)n2)cc1OC. The van der Waals surface area contributed by atoms with Crippen LogP contribution >= 0.6 is 0 Å². The highest BCUT2D eigenvalue weighted by atomic mass is 16.5. The van der Waals surface area contributed by atoms with Gasteiger partial charge in [-0.3, -0.25) is 4.90 Å². The molecule has 31 heavy (non-hydrogen) atoms. The summed E-state index contributed by atoms with van der Waals surface area (Å²) in [6.45, 7) is 6.22. The minimum Gasteiger partial charge on any atom is -0.493 e. The van der Waals surface area contributed by atoms with Gasteiger partial charge in [0.05, 0.1) is 14.2 Å². The van der Waals surface area contributed by atoms with Crippen LogP contribution in [-0.2, 0) is 6.54 Å². The Hall–Kier alpha value is -3.06. The molecule has 0 bridgehead atoms. The molecule has 0 aliphatic carbocycles. The van der Waals surface area contributed by atoms with Crippen molar-refractivity contribution < 1.29 is 14.0 Å². The van der Waals surface area contributed by atoms with Gasteiger partial charge < -0.3 is 19.3 Å². The van der Waals surface area contributed by atoms with Gasteiger partial charge in [0.1, 0.15) is 0 Å². The topological polar surface area (TPSA) is 72.7 Å². The average Bonchev–Trinajstić information content (AvgIpc) is 3.29. The molecule has 0 radical (unpaired) electrons. The van der Waals surface area contributed by atoms with Crippen molar-refractivity contribution in [2.45, 2.75) is 26.3 Å². The van der Waals surface area contributed by atoms with Gasteiger partial charge in [-0.2, -0.15) is 4.98 Å². The minimum absolute atomic E-state index is 0.451. The fourth-order valence-electron chi connectivity index (χ4n) is 3.92. The third kappa shape index (κ3) is 5.35. The summed E-state index contributed by atoms with van der Waals surface area (Å²) in [5.74, 6) is 2.43. The molecule has 1 aromatic heterocycles. The van der Waals surface area contributed by atoms with Crippen molar-refractivity contribution in [3.63, 3.8) is 0 Å². The summed E-state index contributed by atoms with van der Waals surface area (Å²) >= 11 is 0. The number of aromatic nitrogens is 2. The Balaban J connectivity index is 1.26. The molecule has 0 spiro atoms. The molecule has 1 aliphatic rings. The molecule has 0 amide bonds. The highest BCUT2D eigenvalue weighted by Crippen LogP contribution is 2.31. The standard InChI is InChI=1S/C24H30N4O3/c1-17-4-6-19(7-5-17)16-28-12-10-18(11-13-28)15-25-24-26-23(27-31-24)20-8-9-21(29-2)22(14-20)30-3/h4-9,14,18H,10-13,15-16H2,1-3H3,(H,25,26,27). The van der Waals surface area contributed by atoms with Gasteiger partial charge in [-0.25, -0.2) is 0 Å². The second-order valence-corrected chi connectivity index (χ2v) is 8.08. The van der Waals surface area contributed by atoms with E-state index in [1.165, 1.54) is 11.1 Å². The Morgan fingerprint density at radius 1 is 1.03 bits per heavy atom. The van der Waals surface area contributed by atoms with Gasteiger partial charge in [-0.1, -0.05) is 35.0 Å². The van der Waals surface area contributed by atoms with E-state index in [1.54, 1.807) is 14.2 Å². The fraction of sp³-hybridized carbons (Fsp3) is 0.417. The third-order valence-electron chi connectivity index (χ3n) is 5.84. The molecule has 0 atom stereocenters. The van der Waals surface area contributed by atoms with Crippen LogP contribution < -0.4 is 14.8 Å². The lowest BCUT2D eigenvalue weighted by Gasteiger charge is -2.31. The monoisotopic (exact) mass is 422 g/mol. The van der Waals surface area contributed by atoms with Gasteiger partial charge in [-0.05, 0) is 62.5 Å². The molecule has 2 aromatic carbocycles. The number of ether oxygens (including phenoxy) is 2. The normalized spacial score (nSPS) is 15.1. The van der Waals surface area contributed by atoms with Crippen molar-refractivity contribution in [1.29, 1.82) is 0 Å². The van der Waals surface area contributed by atoms with Gasteiger partial charge in [0, 0.05) is 18.7 Å². The predicted molar refractivity (Wildman–Crippen MR) is 121 cm³/mol. The minimum atomic E-state index is 0.451. The molecular formula is C24H30N4O3. The molecule has 1 saturated heterocycles. The molecule has 4 rings (SSSR count). The van der Waals surface area contributed by atoms with Crippen LogP contribution in [0.2, 0.25) is 0 Å². The Morgan fingerprint density at radius 3 is 2.48 bits per heavy atom. The summed E-state index contributed by atoms with van der Waals surface area (Å²) in [6.07, 6.45) is 2.32. The van der Waals surface area contributed by atoms with Crippen molar-refractivity contribution in [2.24, 2.45) is 5.92 Å². The molecule has 0 unspecified atom stereocenters. The van der Waals surface area contributed by atoms with Crippen LogP contribution in [0.4, 0.5) is 6.01 Å². The molecular weight excluding hydrogens is 392 g/mol. The summed E-state index contributed by atoms with van der Waals surface area (Å²) in [5.41, 5.74) is 3.51. The third-order valence-corrected chi connectivity index (χ3v) is 5.84. The Labute approximate surface area is 183 Å². The van der Waals surface area contributed by atoms with Gasteiger partial charge in [0.2, 0.25) is 5.82 Å². The zero-order valence-electron chi connectivity index (χ0n) is 18.4. The van der Waals surface area contributed by atoms with Crippen LogP contribution in [-0.4, -0.2) is 48.9 Å². The van der Waals surface area contributed by atoms with Gasteiger partial charge in [-0.15, -0.1) is 0 Å². The summed E-state index contributed by atoms with van der Waals surface area (Å²) in [4.78, 5) is 7.01. The number of hydrogen-bond acceptors (Lipinski definition) is 7. The number of hydrogen-bond donors (Lipinski definition) is 1. The van der Waals surface area contributed by atoms with Crippen molar-refractivity contribution in [3.8, 4) is 22.9 Å². The van der Waals surface area contributed by atoms with E-state index >= 15 is 0 Å². The number of methoxy groups -OCH3 is 2. The molecule has 164 valence electrons. The summed E-state index contributed by atoms with van der Waals surface area (Å²) < 4.78 is 16.0. The zero-order chi connectivity index (χ0) is 21.6. The Bertz CT molecular complexity index is 979. The van der Waals surface area contributed by atoms with E-state index in [0.29, 0.717) is 29.3 Å². The Morgan fingerprint density at radius 2 is 1.77 bits per heavy atom. The fourth-order valence-corrected chi connectivity index (χ4v) is 3.92. The lowest BCUT2D eigenvalue weighted by atomic mass is 9.96. The molecule has 0 saturated carbocycles. The zero-order valence-corrected chi connectivity index (χ0v) is 18.4. The van der Waals surface area contributed by atoms with Crippen molar-refractivity contribution >= 4 is 6.01 Å². The van der Waals surface area contributed by atoms with Crippen LogP contribution in [0.3, 0.4) is 0 Å². The average molecular weight is 423 g/mol. The molecule has 3 aromatic rings. The quantitative estimate of drug-likeness (QED) is 0.577. The molecule has 1 N–H and O–H groups in total. The van der Waals surface area contributed by atoms with E-state index < -0.39 is 0 Å². The maximum absolute atomic E-state index is 5.40. The van der Waals surface area contributed by atoms with E-state index in [2.05, 4.69) is 51.5 Å². The van der Waals surface area contributed by atoms with E-state index in [9.17, 15) is 0 Å². The first kappa shape index (κ1) is 21.2. The Kier molecular flexibility index (Phi) is 6.72. The van der Waals surface area contributed by atoms with Crippen molar-refractivity contribution in [1.82, 2.24) is 15.0 Å². The van der Waals surface area contributed by atoms with Crippen LogP contribution in [0, 0.1) is 12.8 Å². The molecule has 1 aliphatic heterocycles. The number of likely N-dealkylation sites (tertiary alicyclic amines) is 1. The van der Waals surface area contributed by atoms with Crippen molar-refractivity contribution in [2.75, 3.05) is 39.2 Å². The number of nitrogens with zero attached hydrogens (tertiary/aromatic N) is 3. The van der Waals surface area contributed by atoms with Gasteiger partial charge in [0.15, 0.2) is 11.5 Å². The van der Waals surface area contributed by atoms with E-state index in [1.807, 2.05) is 18.2 Å². The van der Waals surface area contributed by atoms with Gasteiger partial charge >= 0.3 is 6.01 Å². The maximum atomic E-state index is 5.40. The highest BCUT2D eigenvalue weighted by molar-refractivity contribution is 5.61. The second kappa shape index (κ2) is 9.83. The van der Waals surface area contributed by atoms with E-state index in [-0.39, 0.29) is 0 Å². The first-order valence-corrected chi connectivity index (χ1v) is 10.7. The lowest BCUT2D eigenvalue weighted by Crippen LogP contribution is -2.35. The highest BCUT2D eigenvalue weighted by Gasteiger charge is 2.20. The molecule has 7 nitrogen and oxygen atoms in total. The number of benzene rings is 2. The maximum Gasteiger partial charge on any atom is 0.321 e. The van der Waals surface area contributed by atoms with Crippen LogP contribution in [0.1, 0.15) is 24.0 Å². The number of anilines is 1. The largest absolute Gasteiger partial charge is 0.493 e. The first-order chi connectivity index (χ1) is 15.1. The summed E-state index contributed by atoms with van der Waals surface area (Å²) in [7, 11) is 3.22. The number of nitrogens with one attached hydrogen (secondary N) is 1. The smallest absolute Gasteiger partial charge is 0.321 e. The number of aryl methyl sites for hydroxylation is 1. The number of rotatable bonds is 8. The predicted octanol–water partition coefficient (Wildman–Crippen LogP) is 4.39. The van der Waals surface area contributed by atoms with Crippen molar-refractivity contribution in [3.05, 3.63) is 53.6 Å². The van der Waals surface area contributed by atoms with E-state index in [4.69, 9.17) is 14.0 Å². The lowest BCUT2D eigenvalue weighted by molar-refractivity contribution is 0.182. The van der Waals surface area contributed by atoms with Crippen LogP contribution in [0.5, 0.6) is 11.5 Å². The summed E-state index contributed by atoms with van der Waals surface area (Å²) in [5, 5.41) is 7.40. The molecule has 7 heteroatoms. The van der Waals surface area contributed by atoms with Crippen LogP contribution in [0.15, 0.2) is 47.0 Å². The first-order valence-electron chi connectivity index (χ1n) is 10.7. The number of piperidine rings is 1. The second-order valence-electron chi connectivity index (χ2n) is 8.08. The van der Waals surface area contributed by atoms with Crippen LogP contribution in [0.25, 0.3) is 11.4 Å². The van der Waals surface area contributed by atoms with Gasteiger partial charge in [0.25, 0.3) is 0 Å². The molecule has 1 fully saturated rings.